The molecule has 2 N–H and O–H groups in total. The fourth-order valence-corrected chi connectivity index (χ4v) is 4.70. The van der Waals surface area contributed by atoms with Gasteiger partial charge in [0.05, 0.1) is 5.25 Å². The largest absolute Gasteiger partial charge is 0.369 e. The highest BCUT2D eigenvalue weighted by molar-refractivity contribution is 7.85. The first kappa shape index (κ1) is 15.7. The molecule has 2 unspecified atom stereocenters. The maximum atomic E-state index is 13.1. The SMILES string of the molecule is CC(CS(=O)C1c2ccccc2C=Cc2ccccc21)C(N)=O. The molecule has 1 amide bonds. The van der Waals surface area contributed by atoms with E-state index in [2.05, 4.69) is 12.2 Å². The highest BCUT2D eigenvalue weighted by Crippen LogP contribution is 2.37. The van der Waals surface area contributed by atoms with Crippen LogP contribution in [-0.4, -0.2) is 15.9 Å². The van der Waals surface area contributed by atoms with Crippen LogP contribution in [0.4, 0.5) is 0 Å². The normalized spacial score (nSPS) is 16.0. The fourth-order valence-electron chi connectivity index (χ4n) is 2.86. The number of primary amides is 1. The van der Waals surface area contributed by atoms with Crippen molar-refractivity contribution >= 4 is 28.9 Å². The van der Waals surface area contributed by atoms with Crippen LogP contribution in [0.3, 0.4) is 0 Å². The van der Waals surface area contributed by atoms with Crippen molar-refractivity contribution in [3.8, 4) is 0 Å². The second-order valence-electron chi connectivity index (χ2n) is 5.82. The number of benzene rings is 2. The van der Waals surface area contributed by atoms with E-state index in [-0.39, 0.29) is 11.0 Å². The fraction of sp³-hybridized carbons (Fsp3) is 0.211. The lowest BCUT2D eigenvalue weighted by atomic mass is 9.99. The summed E-state index contributed by atoms with van der Waals surface area (Å²) in [6, 6.07) is 16.0. The van der Waals surface area contributed by atoms with Gasteiger partial charge < -0.3 is 5.73 Å². The van der Waals surface area contributed by atoms with Crippen LogP contribution in [0.15, 0.2) is 48.5 Å². The second-order valence-corrected chi connectivity index (χ2v) is 7.39. The van der Waals surface area contributed by atoms with E-state index in [1.54, 1.807) is 6.92 Å². The lowest BCUT2D eigenvalue weighted by Gasteiger charge is -2.21. The summed E-state index contributed by atoms with van der Waals surface area (Å²) in [5.41, 5.74) is 9.54. The maximum absolute atomic E-state index is 13.1. The molecule has 0 aliphatic heterocycles. The first-order valence-electron chi connectivity index (χ1n) is 7.60. The predicted molar refractivity (Wildman–Crippen MR) is 95.0 cm³/mol. The topological polar surface area (TPSA) is 60.2 Å². The van der Waals surface area contributed by atoms with E-state index in [0.29, 0.717) is 0 Å². The van der Waals surface area contributed by atoms with Crippen LogP contribution in [0.1, 0.15) is 34.4 Å². The number of nitrogens with two attached hydrogens (primary N) is 1. The van der Waals surface area contributed by atoms with Gasteiger partial charge in [0.15, 0.2) is 0 Å². The van der Waals surface area contributed by atoms with Crippen molar-refractivity contribution in [2.75, 3.05) is 5.75 Å². The number of hydrogen-bond acceptors (Lipinski definition) is 2. The summed E-state index contributed by atoms with van der Waals surface area (Å²) in [6.07, 6.45) is 4.12. The third kappa shape index (κ3) is 3.13. The number of carbonyl (C=O) groups excluding carboxylic acids is 1. The molecule has 2 aromatic carbocycles. The van der Waals surface area contributed by atoms with Crippen LogP contribution in [0.2, 0.25) is 0 Å². The summed E-state index contributed by atoms with van der Waals surface area (Å²) >= 11 is 0. The molecule has 2 atom stereocenters. The summed E-state index contributed by atoms with van der Waals surface area (Å²) in [5.74, 6) is -0.555. The van der Waals surface area contributed by atoms with Crippen LogP contribution < -0.4 is 5.73 Å². The van der Waals surface area contributed by atoms with Crippen LogP contribution >= 0.6 is 0 Å². The molecule has 0 fully saturated rings. The lowest BCUT2D eigenvalue weighted by Crippen LogP contribution is -2.27. The molecule has 0 heterocycles. The minimum Gasteiger partial charge on any atom is -0.369 e. The number of hydrogen-bond donors (Lipinski definition) is 1. The van der Waals surface area contributed by atoms with E-state index in [1.807, 2.05) is 48.5 Å². The van der Waals surface area contributed by atoms with Crippen molar-refractivity contribution in [1.29, 1.82) is 0 Å². The average Bonchev–Trinajstić information content (AvgIpc) is 2.71. The molecule has 3 rings (SSSR count). The van der Waals surface area contributed by atoms with Gasteiger partial charge in [-0.25, -0.2) is 0 Å². The van der Waals surface area contributed by atoms with Crippen molar-refractivity contribution in [1.82, 2.24) is 0 Å². The van der Waals surface area contributed by atoms with Crippen LogP contribution in [0, 0.1) is 5.92 Å². The van der Waals surface area contributed by atoms with Crippen LogP contribution in [-0.2, 0) is 15.6 Å². The van der Waals surface area contributed by atoms with Crippen molar-refractivity contribution in [3.63, 3.8) is 0 Å². The first-order valence-corrected chi connectivity index (χ1v) is 8.98. The highest BCUT2D eigenvalue weighted by atomic mass is 32.2. The van der Waals surface area contributed by atoms with Gasteiger partial charge >= 0.3 is 0 Å². The van der Waals surface area contributed by atoms with E-state index in [9.17, 15) is 9.00 Å². The predicted octanol–water partition coefficient (Wildman–Crippen LogP) is 3.13. The Morgan fingerprint density at radius 1 is 1.04 bits per heavy atom. The van der Waals surface area contributed by atoms with E-state index in [4.69, 9.17) is 5.73 Å². The quantitative estimate of drug-likeness (QED) is 0.939. The van der Waals surface area contributed by atoms with Crippen molar-refractivity contribution < 1.29 is 9.00 Å². The lowest BCUT2D eigenvalue weighted by molar-refractivity contribution is -0.120. The summed E-state index contributed by atoms with van der Waals surface area (Å²) in [4.78, 5) is 11.4. The van der Waals surface area contributed by atoms with Gasteiger partial charge in [-0.2, -0.15) is 0 Å². The van der Waals surface area contributed by atoms with Gasteiger partial charge in [-0.3, -0.25) is 9.00 Å². The van der Waals surface area contributed by atoms with Gasteiger partial charge in [-0.05, 0) is 22.3 Å². The average molecular weight is 325 g/mol. The highest BCUT2D eigenvalue weighted by Gasteiger charge is 2.28. The molecule has 0 saturated carbocycles. The second kappa shape index (κ2) is 6.50. The maximum Gasteiger partial charge on any atom is 0.221 e. The molecule has 0 saturated heterocycles. The molecule has 0 spiro atoms. The first-order chi connectivity index (χ1) is 11.1. The zero-order valence-corrected chi connectivity index (χ0v) is 13.8. The molecule has 0 radical (unpaired) electrons. The third-order valence-corrected chi connectivity index (χ3v) is 6.02. The Morgan fingerprint density at radius 3 is 2.00 bits per heavy atom. The number of fused-ring (bicyclic) bond motifs is 2. The van der Waals surface area contributed by atoms with Gasteiger partial charge in [0.25, 0.3) is 0 Å². The molecule has 2 aromatic rings. The summed E-state index contributed by atoms with van der Waals surface area (Å²) in [5, 5.41) is -0.251. The number of amides is 1. The Kier molecular flexibility index (Phi) is 4.44. The number of carbonyl (C=O) groups is 1. The molecular formula is C19H19NO2S. The van der Waals surface area contributed by atoms with Crippen LogP contribution in [0.5, 0.6) is 0 Å². The molecule has 1 aliphatic carbocycles. The van der Waals surface area contributed by atoms with Crippen molar-refractivity contribution in [2.24, 2.45) is 11.7 Å². The van der Waals surface area contributed by atoms with Crippen molar-refractivity contribution in [3.05, 3.63) is 70.8 Å². The minimum absolute atomic E-state index is 0.251. The molecule has 3 nitrogen and oxygen atoms in total. The van der Waals surface area contributed by atoms with E-state index in [0.717, 1.165) is 22.3 Å². The van der Waals surface area contributed by atoms with Crippen LogP contribution in [0.25, 0.3) is 12.2 Å². The van der Waals surface area contributed by atoms with Gasteiger partial charge in [0.1, 0.15) is 0 Å². The molecule has 0 bridgehead atoms. The molecule has 118 valence electrons. The summed E-state index contributed by atoms with van der Waals surface area (Å²) in [7, 11) is -1.23. The zero-order chi connectivity index (χ0) is 16.4. The smallest absolute Gasteiger partial charge is 0.221 e. The Bertz CT molecular complexity index is 748. The number of rotatable bonds is 4. The zero-order valence-electron chi connectivity index (χ0n) is 12.9. The Morgan fingerprint density at radius 2 is 1.52 bits per heavy atom. The standard InChI is InChI=1S/C19H19NO2S/c1-13(19(20)21)12-23(22)18-16-8-4-2-6-14(16)10-11-15-7-3-5-9-17(15)18/h2-11,13,18H,12H2,1H3,(H2,20,21). The molecule has 0 aromatic heterocycles. The Labute approximate surface area is 138 Å². The minimum atomic E-state index is -1.23. The molecule has 23 heavy (non-hydrogen) atoms. The molecular weight excluding hydrogens is 306 g/mol. The summed E-state index contributed by atoms with van der Waals surface area (Å²) < 4.78 is 13.1. The van der Waals surface area contributed by atoms with Crippen molar-refractivity contribution in [2.45, 2.75) is 12.2 Å². The Balaban J connectivity index is 2.09. The molecule has 1 aliphatic rings. The van der Waals surface area contributed by atoms with Gasteiger partial charge in [-0.15, -0.1) is 0 Å². The van der Waals surface area contributed by atoms with E-state index in [1.165, 1.54) is 0 Å². The Hall–Kier alpha value is -2.20. The van der Waals surface area contributed by atoms with E-state index >= 15 is 0 Å². The van der Waals surface area contributed by atoms with Gasteiger partial charge in [0.2, 0.25) is 5.91 Å². The van der Waals surface area contributed by atoms with Gasteiger partial charge in [0, 0.05) is 22.5 Å². The summed E-state index contributed by atoms with van der Waals surface area (Å²) in [6.45, 7) is 1.73. The monoisotopic (exact) mass is 325 g/mol. The molecule has 4 heteroatoms. The van der Waals surface area contributed by atoms with E-state index < -0.39 is 22.6 Å². The third-order valence-electron chi connectivity index (χ3n) is 4.16. The van der Waals surface area contributed by atoms with Gasteiger partial charge in [-0.1, -0.05) is 67.6 Å².